The molecule has 1 atom stereocenters. The van der Waals surface area contributed by atoms with Crippen LogP contribution in [0.15, 0.2) is 48.5 Å². The zero-order valence-corrected chi connectivity index (χ0v) is 13.9. The fraction of sp³-hybridized carbons (Fsp3) is 0.316. The molecule has 5 heteroatoms. The largest absolute Gasteiger partial charge is 0.388 e. The van der Waals surface area contributed by atoms with Gasteiger partial charge in [0.1, 0.15) is 5.82 Å². The highest BCUT2D eigenvalue weighted by atomic mass is 35.5. The van der Waals surface area contributed by atoms with Gasteiger partial charge in [-0.05, 0) is 54.7 Å². The van der Waals surface area contributed by atoms with Gasteiger partial charge in [0.05, 0.1) is 11.5 Å². The molecule has 3 rings (SSSR count). The smallest absolute Gasteiger partial charge is 0.230 e. The highest BCUT2D eigenvalue weighted by molar-refractivity contribution is 6.30. The van der Waals surface area contributed by atoms with E-state index in [-0.39, 0.29) is 11.7 Å². The molecule has 1 saturated carbocycles. The molecule has 2 aromatic carbocycles. The molecule has 0 heterocycles. The molecule has 0 bridgehead atoms. The first-order chi connectivity index (χ1) is 11.5. The van der Waals surface area contributed by atoms with Crippen molar-refractivity contribution >= 4 is 17.5 Å². The SMILES string of the molecule is O=C(NCC[C@H](O)c1cccc(Cl)c1)C1(c2ccc(F)cc2)CC1. The van der Waals surface area contributed by atoms with Crippen LogP contribution in [0.4, 0.5) is 4.39 Å². The lowest BCUT2D eigenvalue weighted by Crippen LogP contribution is -2.35. The van der Waals surface area contributed by atoms with Crippen LogP contribution in [-0.4, -0.2) is 17.6 Å². The summed E-state index contributed by atoms with van der Waals surface area (Å²) in [6.45, 7) is 0.370. The van der Waals surface area contributed by atoms with Crippen molar-refractivity contribution in [2.45, 2.75) is 30.8 Å². The van der Waals surface area contributed by atoms with Crippen molar-refractivity contribution < 1.29 is 14.3 Å². The number of hydrogen-bond acceptors (Lipinski definition) is 2. The Morgan fingerprint density at radius 2 is 1.96 bits per heavy atom. The molecule has 1 fully saturated rings. The van der Waals surface area contributed by atoms with E-state index in [1.54, 1.807) is 36.4 Å². The molecule has 1 aliphatic rings. The molecule has 1 amide bonds. The predicted molar refractivity (Wildman–Crippen MR) is 91.4 cm³/mol. The van der Waals surface area contributed by atoms with Crippen LogP contribution in [0.5, 0.6) is 0 Å². The molecule has 0 unspecified atom stereocenters. The van der Waals surface area contributed by atoms with Gasteiger partial charge in [0, 0.05) is 11.6 Å². The van der Waals surface area contributed by atoms with Gasteiger partial charge < -0.3 is 10.4 Å². The Kier molecular flexibility index (Phi) is 4.88. The lowest BCUT2D eigenvalue weighted by molar-refractivity contribution is -0.123. The summed E-state index contributed by atoms with van der Waals surface area (Å²) in [5.41, 5.74) is 1.04. The number of amides is 1. The van der Waals surface area contributed by atoms with E-state index in [2.05, 4.69) is 5.32 Å². The van der Waals surface area contributed by atoms with Gasteiger partial charge in [-0.2, -0.15) is 0 Å². The van der Waals surface area contributed by atoms with E-state index in [1.807, 2.05) is 0 Å². The monoisotopic (exact) mass is 347 g/mol. The van der Waals surface area contributed by atoms with Gasteiger partial charge in [-0.25, -0.2) is 4.39 Å². The van der Waals surface area contributed by atoms with Crippen molar-refractivity contribution in [1.82, 2.24) is 5.32 Å². The van der Waals surface area contributed by atoms with Gasteiger partial charge in [0.15, 0.2) is 0 Å². The second-order valence-corrected chi connectivity index (χ2v) is 6.64. The predicted octanol–water partition coefficient (Wildman–Crippen LogP) is 3.75. The second-order valence-electron chi connectivity index (χ2n) is 6.20. The number of rotatable bonds is 6. The van der Waals surface area contributed by atoms with E-state index in [0.29, 0.717) is 18.0 Å². The lowest BCUT2D eigenvalue weighted by Gasteiger charge is -2.17. The van der Waals surface area contributed by atoms with E-state index in [9.17, 15) is 14.3 Å². The summed E-state index contributed by atoms with van der Waals surface area (Å²) in [7, 11) is 0. The highest BCUT2D eigenvalue weighted by Crippen LogP contribution is 2.48. The van der Waals surface area contributed by atoms with E-state index < -0.39 is 11.5 Å². The maximum atomic E-state index is 13.0. The van der Waals surface area contributed by atoms with Gasteiger partial charge in [0.25, 0.3) is 0 Å². The normalized spacial score (nSPS) is 16.5. The van der Waals surface area contributed by atoms with Crippen molar-refractivity contribution in [3.63, 3.8) is 0 Å². The van der Waals surface area contributed by atoms with Crippen LogP contribution < -0.4 is 5.32 Å². The minimum absolute atomic E-state index is 0.0626. The maximum absolute atomic E-state index is 13.0. The first kappa shape index (κ1) is 16.9. The minimum Gasteiger partial charge on any atom is -0.388 e. The first-order valence-electron chi connectivity index (χ1n) is 7.99. The molecule has 2 aromatic rings. The summed E-state index contributed by atoms with van der Waals surface area (Å²) in [5.74, 6) is -0.369. The van der Waals surface area contributed by atoms with Gasteiger partial charge in [-0.15, -0.1) is 0 Å². The Bertz CT molecular complexity index is 728. The molecule has 24 heavy (non-hydrogen) atoms. The molecule has 126 valence electrons. The van der Waals surface area contributed by atoms with Gasteiger partial charge in [-0.1, -0.05) is 35.9 Å². The third-order valence-electron chi connectivity index (χ3n) is 4.52. The third kappa shape index (κ3) is 3.60. The first-order valence-corrected chi connectivity index (χ1v) is 8.37. The molecule has 0 saturated heterocycles. The molecular formula is C19H19ClFNO2. The fourth-order valence-electron chi connectivity index (χ4n) is 2.91. The summed E-state index contributed by atoms with van der Waals surface area (Å²) in [4.78, 5) is 12.5. The zero-order valence-electron chi connectivity index (χ0n) is 13.1. The topological polar surface area (TPSA) is 49.3 Å². The van der Waals surface area contributed by atoms with Crippen LogP contribution in [0.2, 0.25) is 5.02 Å². The van der Waals surface area contributed by atoms with Crippen LogP contribution in [0.25, 0.3) is 0 Å². The van der Waals surface area contributed by atoms with Gasteiger partial charge in [-0.3, -0.25) is 4.79 Å². The molecule has 3 nitrogen and oxygen atoms in total. The Balaban J connectivity index is 1.55. The van der Waals surface area contributed by atoms with Crippen LogP contribution in [0, 0.1) is 5.82 Å². The average molecular weight is 348 g/mol. The number of aliphatic hydroxyl groups is 1. The van der Waals surface area contributed by atoms with Crippen molar-refractivity contribution in [3.05, 3.63) is 70.5 Å². The Morgan fingerprint density at radius 3 is 2.58 bits per heavy atom. The highest BCUT2D eigenvalue weighted by Gasteiger charge is 2.51. The number of hydrogen-bond donors (Lipinski definition) is 2. The third-order valence-corrected chi connectivity index (χ3v) is 4.75. The lowest BCUT2D eigenvalue weighted by atomic mass is 9.95. The van der Waals surface area contributed by atoms with Gasteiger partial charge >= 0.3 is 0 Å². The number of nitrogens with one attached hydrogen (secondary N) is 1. The molecule has 0 aromatic heterocycles. The molecule has 0 radical (unpaired) electrons. The minimum atomic E-state index is -0.676. The summed E-state index contributed by atoms with van der Waals surface area (Å²) < 4.78 is 13.0. The quantitative estimate of drug-likeness (QED) is 0.836. The average Bonchev–Trinajstić information content (AvgIpc) is 3.37. The molecule has 0 spiro atoms. The van der Waals surface area contributed by atoms with Crippen molar-refractivity contribution in [2.75, 3.05) is 6.54 Å². The van der Waals surface area contributed by atoms with Crippen LogP contribution in [0.1, 0.15) is 36.5 Å². The van der Waals surface area contributed by atoms with Crippen LogP contribution in [0.3, 0.4) is 0 Å². The van der Waals surface area contributed by atoms with Gasteiger partial charge in [0.2, 0.25) is 5.91 Å². The zero-order chi connectivity index (χ0) is 17.2. The maximum Gasteiger partial charge on any atom is 0.230 e. The number of aliphatic hydroxyl groups excluding tert-OH is 1. The Morgan fingerprint density at radius 1 is 1.25 bits per heavy atom. The van der Waals surface area contributed by atoms with Crippen molar-refractivity contribution in [2.24, 2.45) is 0 Å². The number of benzene rings is 2. The van der Waals surface area contributed by atoms with Crippen LogP contribution >= 0.6 is 11.6 Å². The van der Waals surface area contributed by atoms with E-state index in [4.69, 9.17) is 11.6 Å². The molecule has 0 aliphatic heterocycles. The summed E-state index contributed by atoms with van der Waals surface area (Å²) in [6.07, 6.45) is 1.26. The molecular weight excluding hydrogens is 329 g/mol. The number of halogens is 2. The molecule has 1 aliphatic carbocycles. The fourth-order valence-corrected chi connectivity index (χ4v) is 3.11. The van der Waals surface area contributed by atoms with Crippen molar-refractivity contribution in [1.29, 1.82) is 0 Å². The number of carbonyl (C=O) groups excluding carboxylic acids is 1. The van der Waals surface area contributed by atoms with E-state index in [1.165, 1.54) is 12.1 Å². The second kappa shape index (κ2) is 6.91. The summed E-state index contributed by atoms with van der Waals surface area (Å²) in [6, 6.07) is 13.2. The van der Waals surface area contributed by atoms with Crippen molar-refractivity contribution in [3.8, 4) is 0 Å². The number of carbonyl (C=O) groups is 1. The summed E-state index contributed by atoms with van der Waals surface area (Å²) >= 11 is 5.91. The van der Waals surface area contributed by atoms with Crippen LogP contribution in [-0.2, 0) is 10.2 Å². The summed E-state index contributed by atoms with van der Waals surface area (Å²) in [5, 5.41) is 13.6. The Hall–Kier alpha value is -1.91. The molecule has 2 N–H and O–H groups in total. The van der Waals surface area contributed by atoms with E-state index in [0.717, 1.165) is 24.0 Å². The Labute approximate surface area is 145 Å². The van der Waals surface area contributed by atoms with E-state index >= 15 is 0 Å². The standard InChI is InChI=1S/C19H19ClFNO2/c20-15-3-1-2-13(12-15)17(23)8-11-22-18(24)19(9-10-19)14-4-6-16(21)7-5-14/h1-7,12,17,23H,8-11H2,(H,22,24)/t17-/m0/s1.